The summed E-state index contributed by atoms with van der Waals surface area (Å²) in [5.74, 6) is 0.444. The van der Waals surface area contributed by atoms with Crippen molar-refractivity contribution < 1.29 is 4.79 Å². The van der Waals surface area contributed by atoms with Crippen LogP contribution in [0.2, 0.25) is 0 Å². The Morgan fingerprint density at radius 3 is 2.67 bits per heavy atom. The van der Waals surface area contributed by atoms with Crippen molar-refractivity contribution in [2.75, 3.05) is 10.6 Å². The van der Waals surface area contributed by atoms with Gasteiger partial charge < -0.3 is 10.6 Å². The van der Waals surface area contributed by atoms with E-state index in [2.05, 4.69) is 39.2 Å². The molecule has 3 heterocycles. The molecule has 0 saturated heterocycles. The third-order valence-electron chi connectivity index (χ3n) is 5.27. The smallest absolute Gasteiger partial charge is 0.163 e. The fourth-order valence-electron chi connectivity index (χ4n) is 4.01. The molecule has 3 aromatic rings. The van der Waals surface area contributed by atoms with Crippen molar-refractivity contribution in [2.24, 2.45) is 0 Å². The number of carbonyl (C=O) groups excluding carboxylic acids is 1. The number of thiophene rings is 1. The highest BCUT2D eigenvalue weighted by Gasteiger charge is 2.36. The Balaban J connectivity index is 1.63. The van der Waals surface area contributed by atoms with E-state index in [4.69, 9.17) is 0 Å². The normalized spacial score (nSPS) is 21.6. The summed E-state index contributed by atoms with van der Waals surface area (Å²) in [6, 6.07) is 16.1. The number of Topliss-reactive ketones (excluding diaryl/α,β-unsaturated/α-hetero) is 1. The number of nitrogens with zero attached hydrogens (tertiary/aromatic N) is 1. The maximum Gasteiger partial charge on any atom is 0.163 e. The minimum Gasteiger partial charge on any atom is -0.372 e. The number of ketones is 1. The molecule has 5 rings (SSSR count). The van der Waals surface area contributed by atoms with Gasteiger partial charge in [0.15, 0.2) is 5.78 Å². The van der Waals surface area contributed by atoms with Gasteiger partial charge in [-0.1, -0.05) is 24.3 Å². The first-order valence-corrected chi connectivity index (χ1v) is 10.00. The second kappa shape index (κ2) is 6.67. The van der Waals surface area contributed by atoms with Gasteiger partial charge in [0.05, 0.1) is 17.4 Å². The second-order valence-electron chi connectivity index (χ2n) is 6.97. The first-order valence-electron chi connectivity index (χ1n) is 9.12. The SMILES string of the molecule is O=C1C[C@H](c2cccs2)CC2=C1[C@@H](c1cccnc1)Nc1ccccc1N2. The molecule has 0 spiro atoms. The van der Waals surface area contributed by atoms with E-state index in [9.17, 15) is 4.79 Å². The third kappa shape index (κ3) is 2.94. The minimum absolute atomic E-state index is 0.193. The zero-order valence-electron chi connectivity index (χ0n) is 14.7. The summed E-state index contributed by atoms with van der Waals surface area (Å²) in [5.41, 5.74) is 4.88. The summed E-state index contributed by atoms with van der Waals surface area (Å²) < 4.78 is 0. The fraction of sp³-hybridized carbons (Fsp3) is 0.182. The van der Waals surface area contributed by atoms with Crippen LogP contribution in [0.25, 0.3) is 0 Å². The Morgan fingerprint density at radius 1 is 1.00 bits per heavy atom. The van der Waals surface area contributed by atoms with Crippen LogP contribution in [-0.2, 0) is 4.79 Å². The number of pyridine rings is 1. The predicted molar refractivity (Wildman–Crippen MR) is 109 cm³/mol. The van der Waals surface area contributed by atoms with Gasteiger partial charge in [0, 0.05) is 40.9 Å². The molecule has 5 heteroatoms. The van der Waals surface area contributed by atoms with Gasteiger partial charge in [-0.25, -0.2) is 0 Å². The number of hydrogen-bond donors (Lipinski definition) is 2. The topological polar surface area (TPSA) is 54.0 Å². The van der Waals surface area contributed by atoms with Crippen LogP contribution in [0.1, 0.15) is 35.2 Å². The summed E-state index contributed by atoms with van der Waals surface area (Å²) in [7, 11) is 0. The molecule has 0 amide bonds. The van der Waals surface area contributed by atoms with Crippen molar-refractivity contribution in [3.63, 3.8) is 0 Å². The van der Waals surface area contributed by atoms with Crippen LogP contribution in [0, 0.1) is 0 Å². The second-order valence-corrected chi connectivity index (χ2v) is 7.95. The zero-order valence-corrected chi connectivity index (χ0v) is 15.5. The Morgan fingerprint density at radius 2 is 1.89 bits per heavy atom. The number of hydrogen-bond acceptors (Lipinski definition) is 5. The lowest BCUT2D eigenvalue weighted by Crippen LogP contribution is -2.26. The van der Waals surface area contributed by atoms with Crippen LogP contribution in [0.5, 0.6) is 0 Å². The lowest BCUT2D eigenvalue weighted by atomic mass is 9.81. The Kier molecular flexibility index (Phi) is 4.02. The third-order valence-corrected chi connectivity index (χ3v) is 6.31. The number of carbonyl (C=O) groups is 1. The van der Waals surface area contributed by atoms with Gasteiger partial charge in [-0.2, -0.15) is 0 Å². The highest BCUT2D eigenvalue weighted by molar-refractivity contribution is 7.10. The molecule has 0 radical (unpaired) electrons. The maximum absolute atomic E-state index is 13.3. The summed E-state index contributed by atoms with van der Waals surface area (Å²) in [6.07, 6.45) is 5.00. The number of allylic oxidation sites excluding steroid dienone is 1. The van der Waals surface area contributed by atoms with Gasteiger partial charge in [0.2, 0.25) is 0 Å². The van der Waals surface area contributed by atoms with Crippen LogP contribution in [0.3, 0.4) is 0 Å². The molecule has 134 valence electrons. The Labute approximate surface area is 162 Å². The molecule has 0 unspecified atom stereocenters. The molecule has 2 atom stereocenters. The summed E-state index contributed by atoms with van der Waals surface area (Å²) >= 11 is 1.73. The lowest BCUT2D eigenvalue weighted by molar-refractivity contribution is -0.116. The fourth-order valence-corrected chi connectivity index (χ4v) is 4.84. The monoisotopic (exact) mass is 373 g/mol. The van der Waals surface area contributed by atoms with Crippen LogP contribution in [0.15, 0.2) is 77.6 Å². The standard InChI is InChI=1S/C22H19N3OS/c26-19-12-15(20-8-4-10-27-20)11-18-21(19)22(14-5-3-9-23-13-14)25-17-7-2-1-6-16(17)24-18/h1-10,13,15,22,24-25H,11-12H2/t15-,22-/m1/s1. The van der Waals surface area contributed by atoms with E-state index in [-0.39, 0.29) is 17.7 Å². The zero-order chi connectivity index (χ0) is 18.2. The lowest BCUT2D eigenvalue weighted by Gasteiger charge is -2.29. The first-order chi connectivity index (χ1) is 13.3. The molecule has 0 saturated carbocycles. The number of fused-ring (bicyclic) bond motifs is 1. The molecule has 1 aliphatic carbocycles. The van der Waals surface area contributed by atoms with Gasteiger partial charge in [0.25, 0.3) is 0 Å². The van der Waals surface area contributed by atoms with Gasteiger partial charge in [-0.05, 0) is 41.6 Å². The minimum atomic E-state index is -0.193. The Hall–Kier alpha value is -2.92. The van der Waals surface area contributed by atoms with Gasteiger partial charge >= 0.3 is 0 Å². The van der Waals surface area contributed by atoms with Crippen LogP contribution >= 0.6 is 11.3 Å². The van der Waals surface area contributed by atoms with E-state index in [0.717, 1.165) is 34.6 Å². The number of benzene rings is 1. The maximum atomic E-state index is 13.3. The molecule has 1 aromatic carbocycles. The van der Waals surface area contributed by atoms with Crippen LogP contribution in [-0.4, -0.2) is 10.8 Å². The van der Waals surface area contributed by atoms with Crippen molar-refractivity contribution in [1.29, 1.82) is 0 Å². The molecule has 2 aliphatic rings. The van der Waals surface area contributed by atoms with E-state index in [1.54, 1.807) is 17.5 Å². The largest absolute Gasteiger partial charge is 0.372 e. The first kappa shape index (κ1) is 16.3. The molecule has 0 bridgehead atoms. The number of para-hydroxylation sites is 2. The van der Waals surface area contributed by atoms with Gasteiger partial charge in [-0.15, -0.1) is 11.3 Å². The summed E-state index contributed by atoms with van der Waals surface area (Å²) in [4.78, 5) is 18.8. The highest BCUT2D eigenvalue weighted by atomic mass is 32.1. The predicted octanol–water partition coefficient (Wildman–Crippen LogP) is 5.12. The van der Waals surface area contributed by atoms with E-state index >= 15 is 0 Å². The molecule has 4 nitrogen and oxygen atoms in total. The van der Waals surface area contributed by atoms with Crippen LogP contribution < -0.4 is 10.6 Å². The number of anilines is 2. The van der Waals surface area contributed by atoms with E-state index in [1.165, 1.54) is 4.88 Å². The molecular weight excluding hydrogens is 354 g/mol. The van der Waals surface area contributed by atoms with Crippen molar-refractivity contribution in [3.8, 4) is 0 Å². The average molecular weight is 373 g/mol. The summed E-state index contributed by atoms with van der Waals surface area (Å²) in [5, 5.41) is 9.22. The quantitative estimate of drug-likeness (QED) is 0.654. The van der Waals surface area contributed by atoms with E-state index in [0.29, 0.717) is 6.42 Å². The highest BCUT2D eigenvalue weighted by Crippen LogP contribution is 2.44. The van der Waals surface area contributed by atoms with Gasteiger partial charge in [-0.3, -0.25) is 9.78 Å². The van der Waals surface area contributed by atoms with Crippen molar-refractivity contribution in [2.45, 2.75) is 24.8 Å². The van der Waals surface area contributed by atoms with Crippen molar-refractivity contribution in [3.05, 3.63) is 88.0 Å². The molecule has 1 aliphatic heterocycles. The van der Waals surface area contributed by atoms with Crippen LogP contribution in [0.4, 0.5) is 11.4 Å². The van der Waals surface area contributed by atoms with Crippen molar-refractivity contribution >= 4 is 28.5 Å². The molecular formula is C22H19N3OS. The van der Waals surface area contributed by atoms with Gasteiger partial charge in [0.1, 0.15) is 0 Å². The molecule has 2 N–H and O–H groups in total. The number of nitrogens with one attached hydrogen (secondary N) is 2. The Bertz CT molecular complexity index is 1010. The number of rotatable bonds is 2. The number of aromatic nitrogens is 1. The average Bonchev–Trinajstić information content (AvgIpc) is 3.17. The van der Waals surface area contributed by atoms with E-state index < -0.39 is 0 Å². The van der Waals surface area contributed by atoms with Crippen molar-refractivity contribution in [1.82, 2.24) is 4.98 Å². The van der Waals surface area contributed by atoms with E-state index in [1.807, 2.05) is 36.5 Å². The molecule has 2 aromatic heterocycles. The summed E-state index contributed by atoms with van der Waals surface area (Å²) in [6.45, 7) is 0. The molecule has 27 heavy (non-hydrogen) atoms. The molecule has 0 fully saturated rings.